The van der Waals surface area contributed by atoms with Crippen molar-refractivity contribution >= 4 is 27.3 Å². The van der Waals surface area contributed by atoms with E-state index in [1.54, 1.807) is 25.6 Å². The number of rotatable bonds is 8. The third kappa shape index (κ3) is 4.76. The van der Waals surface area contributed by atoms with Crippen LogP contribution in [0.4, 0.5) is 0 Å². The first-order valence-corrected chi connectivity index (χ1v) is 11.6. The fourth-order valence-electron chi connectivity index (χ4n) is 4.42. The minimum absolute atomic E-state index is 0.00639. The molecule has 1 amide bonds. The van der Waals surface area contributed by atoms with Gasteiger partial charge in [0.05, 0.1) is 18.6 Å². The Bertz CT molecular complexity index is 1060. The second kappa shape index (κ2) is 9.81. The fourth-order valence-corrected chi connectivity index (χ4v) is 5.63. The van der Waals surface area contributed by atoms with Crippen LogP contribution in [0.25, 0.3) is 10.1 Å². The quantitative estimate of drug-likeness (QED) is 0.523. The number of hydrogen-bond donors (Lipinski definition) is 1. The highest BCUT2D eigenvalue weighted by atomic mass is 32.1. The van der Waals surface area contributed by atoms with Gasteiger partial charge in [0.2, 0.25) is 0 Å². The molecule has 1 N–H and O–H groups in total. The average Bonchev–Trinajstić information content (AvgIpc) is 3.39. The van der Waals surface area contributed by atoms with Gasteiger partial charge in [-0.1, -0.05) is 30.3 Å². The molecular formula is C25H30N2O3S. The van der Waals surface area contributed by atoms with Gasteiger partial charge in [0.15, 0.2) is 0 Å². The largest absolute Gasteiger partial charge is 0.496 e. The summed E-state index contributed by atoms with van der Waals surface area (Å²) in [5.41, 5.74) is 3.61. The molecule has 1 atom stereocenters. The molecule has 164 valence electrons. The van der Waals surface area contributed by atoms with E-state index in [1.165, 1.54) is 26.8 Å². The van der Waals surface area contributed by atoms with E-state index in [9.17, 15) is 4.79 Å². The first-order chi connectivity index (χ1) is 15.1. The SMILES string of the molecule is COCCNC(=O)c1sc2ccccc2c1C1CCN(Cc2ccc(C)cc2OC)C1. The number of methoxy groups -OCH3 is 2. The van der Waals surface area contributed by atoms with Gasteiger partial charge in [0, 0.05) is 42.9 Å². The molecule has 0 bridgehead atoms. The van der Waals surface area contributed by atoms with Crippen LogP contribution in [-0.4, -0.2) is 51.3 Å². The Morgan fingerprint density at radius 2 is 2.06 bits per heavy atom. The maximum Gasteiger partial charge on any atom is 0.261 e. The van der Waals surface area contributed by atoms with Crippen LogP contribution >= 0.6 is 11.3 Å². The number of carbonyl (C=O) groups is 1. The minimum atomic E-state index is 0.00639. The van der Waals surface area contributed by atoms with Gasteiger partial charge in [-0.25, -0.2) is 0 Å². The van der Waals surface area contributed by atoms with Crippen molar-refractivity contribution in [2.75, 3.05) is 40.5 Å². The van der Waals surface area contributed by atoms with Crippen LogP contribution in [0.2, 0.25) is 0 Å². The Morgan fingerprint density at radius 3 is 2.87 bits per heavy atom. The number of aryl methyl sites for hydroxylation is 1. The number of fused-ring (bicyclic) bond motifs is 1. The summed E-state index contributed by atoms with van der Waals surface area (Å²) in [5.74, 6) is 1.30. The summed E-state index contributed by atoms with van der Waals surface area (Å²) in [6.45, 7) is 5.93. The number of nitrogens with zero attached hydrogens (tertiary/aromatic N) is 1. The zero-order valence-electron chi connectivity index (χ0n) is 18.4. The van der Waals surface area contributed by atoms with Gasteiger partial charge in [0.25, 0.3) is 5.91 Å². The lowest BCUT2D eigenvalue weighted by Gasteiger charge is -2.19. The molecule has 3 aromatic rings. The maximum atomic E-state index is 13.0. The average molecular weight is 439 g/mol. The molecule has 0 radical (unpaired) electrons. The van der Waals surface area contributed by atoms with E-state index >= 15 is 0 Å². The highest BCUT2D eigenvalue weighted by molar-refractivity contribution is 7.21. The summed E-state index contributed by atoms with van der Waals surface area (Å²) in [6, 6.07) is 14.8. The van der Waals surface area contributed by atoms with E-state index in [0.717, 1.165) is 36.7 Å². The van der Waals surface area contributed by atoms with Crippen LogP contribution in [0.1, 0.15) is 38.7 Å². The van der Waals surface area contributed by atoms with Crippen molar-refractivity contribution in [3.63, 3.8) is 0 Å². The summed E-state index contributed by atoms with van der Waals surface area (Å²) in [5, 5.41) is 4.22. The minimum Gasteiger partial charge on any atom is -0.496 e. The number of carbonyl (C=O) groups excluding carboxylic acids is 1. The number of ether oxygens (including phenoxy) is 2. The van der Waals surface area contributed by atoms with E-state index in [1.807, 2.05) is 6.07 Å². The molecule has 0 aliphatic carbocycles. The second-order valence-corrected chi connectivity index (χ2v) is 9.18. The number of amides is 1. The molecule has 1 aliphatic rings. The third-order valence-electron chi connectivity index (χ3n) is 5.95. The highest BCUT2D eigenvalue weighted by Crippen LogP contribution is 2.40. The van der Waals surface area contributed by atoms with Gasteiger partial charge in [0.1, 0.15) is 5.75 Å². The van der Waals surface area contributed by atoms with Crippen molar-refractivity contribution in [2.45, 2.75) is 25.8 Å². The first kappa shape index (κ1) is 21.8. The summed E-state index contributed by atoms with van der Waals surface area (Å²) in [4.78, 5) is 16.3. The van der Waals surface area contributed by atoms with Crippen LogP contribution in [0.3, 0.4) is 0 Å². The van der Waals surface area contributed by atoms with E-state index in [2.05, 4.69) is 53.5 Å². The van der Waals surface area contributed by atoms with Crippen molar-refractivity contribution in [1.29, 1.82) is 0 Å². The zero-order valence-corrected chi connectivity index (χ0v) is 19.3. The Balaban J connectivity index is 1.56. The molecule has 0 spiro atoms. The standard InChI is InChI=1S/C25H30N2O3S/c1-17-8-9-18(21(14-17)30-3)15-27-12-10-19(16-27)23-20-6-4-5-7-22(20)31-24(23)25(28)26-11-13-29-2/h4-9,14,19H,10-13,15-16H2,1-3H3,(H,26,28). The number of nitrogens with one attached hydrogen (secondary N) is 1. The lowest BCUT2D eigenvalue weighted by atomic mass is 9.95. The summed E-state index contributed by atoms with van der Waals surface area (Å²) in [6.07, 6.45) is 1.05. The summed E-state index contributed by atoms with van der Waals surface area (Å²) < 4.78 is 11.9. The van der Waals surface area contributed by atoms with Gasteiger partial charge >= 0.3 is 0 Å². The summed E-state index contributed by atoms with van der Waals surface area (Å²) >= 11 is 1.60. The zero-order chi connectivity index (χ0) is 21.8. The van der Waals surface area contributed by atoms with E-state index in [0.29, 0.717) is 19.1 Å². The molecular weight excluding hydrogens is 408 g/mol. The molecule has 31 heavy (non-hydrogen) atoms. The smallest absolute Gasteiger partial charge is 0.261 e. The van der Waals surface area contributed by atoms with Crippen LogP contribution in [0.5, 0.6) is 5.75 Å². The maximum absolute atomic E-state index is 13.0. The molecule has 1 aromatic heterocycles. The van der Waals surface area contributed by atoms with Crippen LogP contribution in [-0.2, 0) is 11.3 Å². The summed E-state index contributed by atoms with van der Waals surface area (Å²) in [7, 11) is 3.38. The lowest BCUT2D eigenvalue weighted by Crippen LogP contribution is -2.27. The van der Waals surface area contributed by atoms with Crippen LogP contribution in [0.15, 0.2) is 42.5 Å². The van der Waals surface area contributed by atoms with Gasteiger partial charge in [-0.15, -0.1) is 11.3 Å². The molecule has 1 unspecified atom stereocenters. The molecule has 4 rings (SSSR count). The third-order valence-corrected chi connectivity index (χ3v) is 7.13. The van der Waals surface area contributed by atoms with Crippen LogP contribution in [0, 0.1) is 6.92 Å². The lowest BCUT2D eigenvalue weighted by molar-refractivity contribution is 0.0940. The Morgan fingerprint density at radius 1 is 1.23 bits per heavy atom. The molecule has 1 aliphatic heterocycles. The molecule has 2 aromatic carbocycles. The van der Waals surface area contributed by atoms with Gasteiger partial charge < -0.3 is 14.8 Å². The number of thiophene rings is 1. The number of likely N-dealkylation sites (tertiary alicyclic amines) is 1. The van der Waals surface area contributed by atoms with E-state index in [4.69, 9.17) is 9.47 Å². The van der Waals surface area contributed by atoms with Crippen LogP contribution < -0.4 is 10.1 Å². The highest BCUT2D eigenvalue weighted by Gasteiger charge is 2.30. The first-order valence-electron chi connectivity index (χ1n) is 10.7. The van der Waals surface area contributed by atoms with E-state index < -0.39 is 0 Å². The fraction of sp³-hybridized carbons (Fsp3) is 0.400. The van der Waals surface area contributed by atoms with Crippen molar-refractivity contribution in [3.8, 4) is 5.75 Å². The Hall–Kier alpha value is -2.41. The number of hydrogen-bond acceptors (Lipinski definition) is 5. The predicted molar refractivity (Wildman–Crippen MR) is 126 cm³/mol. The van der Waals surface area contributed by atoms with E-state index in [-0.39, 0.29) is 5.91 Å². The van der Waals surface area contributed by atoms with Gasteiger partial charge in [-0.2, -0.15) is 0 Å². The van der Waals surface area contributed by atoms with Crippen molar-refractivity contribution < 1.29 is 14.3 Å². The van der Waals surface area contributed by atoms with Gasteiger partial charge in [-0.3, -0.25) is 9.69 Å². The van der Waals surface area contributed by atoms with Crippen molar-refractivity contribution in [1.82, 2.24) is 10.2 Å². The topological polar surface area (TPSA) is 50.8 Å². The molecule has 1 saturated heterocycles. The molecule has 1 fully saturated rings. The number of benzene rings is 2. The normalized spacial score (nSPS) is 16.7. The Labute approximate surface area is 188 Å². The monoisotopic (exact) mass is 438 g/mol. The second-order valence-electron chi connectivity index (χ2n) is 8.13. The molecule has 2 heterocycles. The van der Waals surface area contributed by atoms with Crippen molar-refractivity contribution in [2.24, 2.45) is 0 Å². The Kier molecular flexibility index (Phi) is 6.90. The molecule has 6 heteroatoms. The van der Waals surface area contributed by atoms with Crippen molar-refractivity contribution in [3.05, 3.63) is 64.0 Å². The predicted octanol–water partition coefficient (Wildman–Crippen LogP) is 4.58. The molecule has 0 saturated carbocycles. The van der Waals surface area contributed by atoms with Gasteiger partial charge in [-0.05, 0) is 48.5 Å². The molecule has 5 nitrogen and oxygen atoms in total.